The summed E-state index contributed by atoms with van der Waals surface area (Å²) >= 11 is 1.24. The molecule has 1 fully saturated rings. The van der Waals surface area contributed by atoms with Gasteiger partial charge in [-0.25, -0.2) is 18.2 Å². The highest BCUT2D eigenvalue weighted by Crippen LogP contribution is 2.32. The summed E-state index contributed by atoms with van der Waals surface area (Å²) in [5.74, 6) is -2.76. The minimum Gasteiger partial charge on any atom is -0.309 e. The Bertz CT molecular complexity index is 627. The molecule has 1 heterocycles. The van der Waals surface area contributed by atoms with Gasteiger partial charge in [0, 0.05) is 29.6 Å². The second-order valence-electron chi connectivity index (χ2n) is 4.93. The fourth-order valence-electron chi connectivity index (χ4n) is 1.97. The van der Waals surface area contributed by atoms with Crippen LogP contribution in [0.2, 0.25) is 0 Å². The molecule has 1 aromatic heterocycles. The standard InChI is InChI=1S/C14H13F3N2S/c1-7-12(6-18-9-2-3-9)20-14(19-7)13-10(16)4-8(15)5-11(13)17/h4-5,9,18H,2-3,6H2,1H3. The van der Waals surface area contributed by atoms with Crippen LogP contribution in [0.5, 0.6) is 0 Å². The van der Waals surface area contributed by atoms with Crippen molar-refractivity contribution >= 4 is 11.3 Å². The first-order chi connectivity index (χ1) is 9.54. The second-order valence-corrected chi connectivity index (χ2v) is 6.01. The molecule has 0 unspecified atom stereocenters. The van der Waals surface area contributed by atoms with E-state index in [4.69, 9.17) is 0 Å². The molecule has 0 radical (unpaired) electrons. The van der Waals surface area contributed by atoms with E-state index in [0.29, 0.717) is 24.7 Å². The van der Waals surface area contributed by atoms with Gasteiger partial charge in [0.15, 0.2) is 0 Å². The first-order valence-corrected chi connectivity index (χ1v) is 7.21. The van der Waals surface area contributed by atoms with Gasteiger partial charge in [0.1, 0.15) is 22.5 Å². The zero-order valence-corrected chi connectivity index (χ0v) is 11.7. The lowest BCUT2D eigenvalue weighted by Gasteiger charge is -2.01. The molecule has 1 aromatic carbocycles. The lowest BCUT2D eigenvalue weighted by molar-refractivity contribution is 0.548. The SMILES string of the molecule is Cc1nc(-c2c(F)cc(F)cc2F)sc1CNC1CC1. The van der Waals surface area contributed by atoms with E-state index in [1.807, 2.05) is 6.92 Å². The third kappa shape index (κ3) is 2.71. The molecule has 6 heteroatoms. The average molecular weight is 298 g/mol. The lowest BCUT2D eigenvalue weighted by Crippen LogP contribution is -2.14. The summed E-state index contributed by atoms with van der Waals surface area (Å²) in [7, 11) is 0. The Labute approximate surface area is 118 Å². The van der Waals surface area contributed by atoms with Crippen molar-refractivity contribution in [2.24, 2.45) is 0 Å². The molecule has 1 saturated carbocycles. The van der Waals surface area contributed by atoms with E-state index in [-0.39, 0.29) is 10.6 Å². The Kier molecular flexibility index (Phi) is 3.52. The topological polar surface area (TPSA) is 24.9 Å². The van der Waals surface area contributed by atoms with Crippen molar-refractivity contribution in [3.8, 4) is 10.6 Å². The maximum atomic E-state index is 13.7. The predicted octanol–water partition coefficient (Wildman–Crippen LogP) is 3.79. The molecule has 1 aliphatic rings. The fraction of sp³-hybridized carbons (Fsp3) is 0.357. The van der Waals surface area contributed by atoms with Crippen LogP contribution in [0.25, 0.3) is 10.6 Å². The van der Waals surface area contributed by atoms with Crippen LogP contribution >= 0.6 is 11.3 Å². The smallest absolute Gasteiger partial charge is 0.139 e. The van der Waals surface area contributed by atoms with Gasteiger partial charge in [0.2, 0.25) is 0 Å². The highest BCUT2D eigenvalue weighted by Gasteiger charge is 2.22. The number of nitrogens with one attached hydrogen (secondary N) is 1. The summed E-state index contributed by atoms with van der Waals surface area (Å²) in [6, 6.07) is 1.91. The van der Waals surface area contributed by atoms with E-state index in [0.717, 1.165) is 10.6 Å². The van der Waals surface area contributed by atoms with Crippen LogP contribution in [0, 0.1) is 24.4 Å². The molecule has 20 heavy (non-hydrogen) atoms. The van der Waals surface area contributed by atoms with Gasteiger partial charge >= 0.3 is 0 Å². The zero-order chi connectivity index (χ0) is 14.3. The van der Waals surface area contributed by atoms with E-state index >= 15 is 0 Å². The number of nitrogens with zero attached hydrogens (tertiary/aromatic N) is 1. The molecule has 3 rings (SSSR count). The number of hydrogen-bond donors (Lipinski definition) is 1. The highest BCUT2D eigenvalue weighted by atomic mass is 32.1. The van der Waals surface area contributed by atoms with Gasteiger partial charge in [0.05, 0.1) is 11.3 Å². The van der Waals surface area contributed by atoms with Gasteiger partial charge in [-0.2, -0.15) is 0 Å². The molecule has 2 nitrogen and oxygen atoms in total. The van der Waals surface area contributed by atoms with E-state index < -0.39 is 17.5 Å². The summed E-state index contributed by atoms with van der Waals surface area (Å²) in [5, 5.41) is 3.59. The van der Waals surface area contributed by atoms with E-state index in [1.54, 1.807) is 0 Å². The largest absolute Gasteiger partial charge is 0.309 e. The van der Waals surface area contributed by atoms with E-state index in [1.165, 1.54) is 24.2 Å². The Hall–Kier alpha value is -1.40. The van der Waals surface area contributed by atoms with Crippen LogP contribution in [0.1, 0.15) is 23.4 Å². The molecule has 0 spiro atoms. The fourth-order valence-corrected chi connectivity index (χ4v) is 3.03. The summed E-state index contributed by atoms with van der Waals surface area (Å²) in [6.07, 6.45) is 2.35. The Morgan fingerprint density at radius 2 is 1.90 bits per heavy atom. The normalized spacial score (nSPS) is 14.8. The molecule has 0 atom stereocenters. The lowest BCUT2D eigenvalue weighted by atomic mass is 10.2. The van der Waals surface area contributed by atoms with Gasteiger partial charge in [-0.1, -0.05) is 0 Å². The van der Waals surface area contributed by atoms with Gasteiger partial charge in [-0.05, 0) is 19.8 Å². The van der Waals surface area contributed by atoms with Crippen LogP contribution in [-0.2, 0) is 6.54 Å². The number of aromatic nitrogens is 1. The van der Waals surface area contributed by atoms with Crippen LogP contribution in [0.3, 0.4) is 0 Å². The predicted molar refractivity (Wildman–Crippen MR) is 72.0 cm³/mol. The maximum absolute atomic E-state index is 13.7. The van der Waals surface area contributed by atoms with Crippen LogP contribution in [-0.4, -0.2) is 11.0 Å². The maximum Gasteiger partial charge on any atom is 0.139 e. The van der Waals surface area contributed by atoms with Crippen molar-refractivity contribution in [2.45, 2.75) is 32.4 Å². The van der Waals surface area contributed by atoms with Crippen molar-refractivity contribution in [2.75, 3.05) is 0 Å². The molecule has 0 saturated heterocycles. The minimum absolute atomic E-state index is 0.253. The van der Waals surface area contributed by atoms with Gasteiger partial charge in [0.25, 0.3) is 0 Å². The number of thiazole rings is 1. The number of rotatable bonds is 4. The monoisotopic (exact) mass is 298 g/mol. The highest BCUT2D eigenvalue weighted by molar-refractivity contribution is 7.15. The summed E-state index contributed by atoms with van der Waals surface area (Å²) in [5.41, 5.74) is 0.499. The molecule has 1 aliphatic carbocycles. The Balaban J connectivity index is 1.92. The van der Waals surface area contributed by atoms with Gasteiger partial charge in [-0.15, -0.1) is 11.3 Å². The summed E-state index contributed by atoms with van der Waals surface area (Å²) < 4.78 is 40.4. The van der Waals surface area contributed by atoms with Crippen LogP contribution in [0.4, 0.5) is 13.2 Å². The number of hydrogen-bond acceptors (Lipinski definition) is 3. The molecule has 2 aromatic rings. The van der Waals surface area contributed by atoms with Crippen LogP contribution < -0.4 is 5.32 Å². The molecule has 106 valence electrons. The van der Waals surface area contributed by atoms with Crippen molar-refractivity contribution in [3.63, 3.8) is 0 Å². The summed E-state index contributed by atoms with van der Waals surface area (Å²) in [6.45, 7) is 2.46. The van der Waals surface area contributed by atoms with E-state index in [2.05, 4.69) is 10.3 Å². The van der Waals surface area contributed by atoms with Crippen molar-refractivity contribution in [1.82, 2.24) is 10.3 Å². The van der Waals surface area contributed by atoms with Gasteiger partial charge in [-0.3, -0.25) is 0 Å². The Morgan fingerprint density at radius 1 is 1.25 bits per heavy atom. The van der Waals surface area contributed by atoms with Crippen molar-refractivity contribution in [1.29, 1.82) is 0 Å². The molecule has 0 aliphatic heterocycles. The van der Waals surface area contributed by atoms with E-state index in [9.17, 15) is 13.2 Å². The first-order valence-electron chi connectivity index (χ1n) is 6.39. The first kappa shape index (κ1) is 13.6. The zero-order valence-electron chi connectivity index (χ0n) is 10.8. The second kappa shape index (κ2) is 5.18. The quantitative estimate of drug-likeness (QED) is 0.929. The minimum atomic E-state index is -0.923. The van der Waals surface area contributed by atoms with Crippen LogP contribution in [0.15, 0.2) is 12.1 Å². The number of halogens is 3. The molecular formula is C14H13F3N2S. The molecule has 0 bridgehead atoms. The number of aryl methyl sites for hydroxylation is 1. The third-order valence-electron chi connectivity index (χ3n) is 3.24. The molecular weight excluding hydrogens is 285 g/mol. The van der Waals surface area contributed by atoms with Crippen molar-refractivity contribution in [3.05, 3.63) is 40.2 Å². The molecule has 1 N–H and O–H groups in total. The Morgan fingerprint density at radius 3 is 2.50 bits per heavy atom. The number of benzene rings is 1. The van der Waals surface area contributed by atoms with Crippen molar-refractivity contribution < 1.29 is 13.2 Å². The summed E-state index contributed by atoms with van der Waals surface area (Å²) in [4.78, 5) is 5.16. The molecule has 0 amide bonds. The van der Waals surface area contributed by atoms with Gasteiger partial charge < -0.3 is 5.32 Å². The third-order valence-corrected chi connectivity index (χ3v) is 4.42. The average Bonchev–Trinajstić information content (AvgIpc) is 3.10.